The molecule has 31 heavy (non-hydrogen) atoms. The quantitative estimate of drug-likeness (QED) is 0.343. The van der Waals surface area contributed by atoms with Crippen LogP contribution in [0.4, 0.5) is 0 Å². The fourth-order valence-electron chi connectivity index (χ4n) is 0.831. The van der Waals surface area contributed by atoms with Gasteiger partial charge in [-0.1, -0.05) is 0 Å². The number of hydrogen-bond donors (Lipinski definition) is 2. The van der Waals surface area contributed by atoms with E-state index in [4.69, 9.17) is 10.2 Å². The van der Waals surface area contributed by atoms with Gasteiger partial charge in [-0.15, -0.1) is 0 Å². The normalized spacial score (nSPS) is 10.4. The molecule has 0 aromatic heterocycles. The van der Waals surface area contributed by atoms with Crippen LogP contribution in [-0.4, -0.2) is 70.7 Å². The summed E-state index contributed by atoms with van der Waals surface area (Å²) in [5, 5.41) is 16.6. The van der Waals surface area contributed by atoms with Crippen molar-refractivity contribution in [2.45, 2.75) is 80.4 Å². The van der Waals surface area contributed by atoms with E-state index >= 15 is 0 Å². The Kier molecular flexibility index (Phi) is 34.0. The van der Waals surface area contributed by atoms with Gasteiger partial charge in [0, 0.05) is 26.2 Å². The van der Waals surface area contributed by atoms with Crippen LogP contribution in [0.15, 0.2) is 0 Å². The number of aliphatic hydroxyl groups is 2. The summed E-state index contributed by atoms with van der Waals surface area (Å²) in [5.74, 6) is -1.57. The molecule has 0 heterocycles. The number of carbonyl (C=O) groups is 6. The first kappa shape index (κ1) is 39.9. The first-order chi connectivity index (χ1) is 13.6. The molecule has 0 aliphatic carbocycles. The summed E-state index contributed by atoms with van der Waals surface area (Å²) in [6.07, 6.45) is -1.78. The second-order valence-corrected chi connectivity index (χ2v) is 5.94. The smallest absolute Gasteiger partial charge is 0.313 e. The van der Waals surface area contributed by atoms with E-state index in [2.05, 4.69) is 9.47 Å². The number of ketones is 4. The van der Waals surface area contributed by atoms with E-state index in [-0.39, 0.29) is 62.2 Å². The molecule has 0 bridgehead atoms. The Bertz CT molecular complexity index is 494. The zero-order valence-electron chi connectivity index (χ0n) is 19.6. The van der Waals surface area contributed by atoms with Gasteiger partial charge in [0.1, 0.15) is 36.6 Å². The van der Waals surface area contributed by atoms with Crippen LogP contribution in [0.5, 0.6) is 0 Å². The van der Waals surface area contributed by atoms with Crippen molar-refractivity contribution < 1.29 is 74.7 Å². The zero-order valence-corrected chi connectivity index (χ0v) is 22.1. The minimum Gasteiger partial charge on any atom is -0.466 e. The Hall–Kier alpha value is -1.58. The van der Waals surface area contributed by atoms with Crippen molar-refractivity contribution in [3.05, 3.63) is 0 Å². The summed E-state index contributed by atoms with van der Waals surface area (Å²) in [6, 6.07) is 0. The van der Waals surface area contributed by atoms with Crippen molar-refractivity contribution in [3.8, 4) is 0 Å². The molecule has 180 valence electrons. The van der Waals surface area contributed by atoms with Crippen LogP contribution in [0.2, 0.25) is 0 Å². The summed E-state index contributed by atoms with van der Waals surface area (Å²) in [6.45, 7) is 12.4. The van der Waals surface area contributed by atoms with E-state index < -0.39 is 24.1 Å². The first-order valence-electron chi connectivity index (χ1n) is 9.29. The molecule has 2 atom stereocenters. The number of carbonyl (C=O) groups excluding carboxylic acids is 6. The van der Waals surface area contributed by atoms with Crippen LogP contribution in [0.25, 0.3) is 0 Å². The van der Waals surface area contributed by atoms with E-state index in [9.17, 15) is 28.8 Å². The monoisotopic (exact) mass is 526 g/mol. The van der Waals surface area contributed by atoms with Crippen LogP contribution in [-0.2, 0) is 64.4 Å². The Balaban J connectivity index is -0.0000000977. The second kappa shape index (κ2) is 26.5. The molecule has 0 amide bonds. The Morgan fingerprint density at radius 3 is 0.935 bits per heavy atom. The third-order valence-corrected chi connectivity index (χ3v) is 2.57. The minimum absolute atomic E-state index is 0. The number of ether oxygens (including phenoxy) is 2. The van der Waals surface area contributed by atoms with Gasteiger partial charge in [-0.3, -0.25) is 28.8 Å². The van der Waals surface area contributed by atoms with Gasteiger partial charge < -0.3 is 19.7 Å². The molecule has 0 aromatic rings. The molecule has 2 N–H and O–H groups in total. The largest absolute Gasteiger partial charge is 0.466 e. The molecule has 10 nitrogen and oxygen atoms in total. The van der Waals surface area contributed by atoms with E-state index in [1.54, 1.807) is 13.8 Å². The Morgan fingerprint density at radius 2 is 0.839 bits per heavy atom. The van der Waals surface area contributed by atoms with Crippen LogP contribution >= 0.6 is 0 Å². The molecule has 0 radical (unpaired) electrons. The maximum absolute atomic E-state index is 10.4. The molecule has 2 unspecified atom stereocenters. The molecule has 0 saturated carbocycles. The average Bonchev–Trinajstić information content (AvgIpc) is 2.55. The molecule has 0 aliphatic heterocycles. The minimum atomic E-state index is -0.787. The zero-order chi connectivity index (χ0) is 24.9. The fourth-order valence-corrected chi connectivity index (χ4v) is 0.831. The number of hydrogen-bond acceptors (Lipinski definition) is 10. The molecular weight excluding hydrogens is 491 g/mol. The summed E-state index contributed by atoms with van der Waals surface area (Å²) in [4.78, 5) is 61.1. The molecule has 0 aliphatic rings. The van der Waals surface area contributed by atoms with Gasteiger partial charge in [0.2, 0.25) is 0 Å². The summed E-state index contributed by atoms with van der Waals surface area (Å²) in [5.41, 5.74) is 0. The van der Waals surface area contributed by atoms with E-state index in [0.717, 1.165) is 0 Å². The van der Waals surface area contributed by atoms with E-state index in [1.807, 2.05) is 0 Å². The SMILES string of the molecule is CC(=O)C(C)O.CC(=O)C(C)O.CCOC(=O)CC(C)=O.CCOC(=O)CC(C)=O.[Zr]. The summed E-state index contributed by atoms with van der Waals surface area (Å²) < 4.78 is 8.99. The van der Waals surface area contributed by atoms with E-state index in [0.29, 0.717) is 13.2 Å². The average molecular weight is 528 g/mol. The first-order valence-corrected chi connectivity index (χ1v) is 9.29. The van der Waals surface area contributed by atoms with Crippen LogP contribution in [0, 0.1) is 0 Å². The van der Waals surface area contributed by atoms with Crippen LogP contribution < -0.4 is 0 Å². The van der Waals surface area contributed by atoms with Crippen molar-refractivity contribution in [2.75, 3.05) is 13.2 Å². The molecule has 11 heteroatoms. The van der Waals surface area contributed by atoms with Crippen molar-refractivity contribution in [1.29, 1.82) is 0 Å². The van der Waals surface area contributed by atoms with Crippen molar-refractivity contribution in [2.24, 2.45) is 0 Å². The van der Waals surface area contributed by atoms with Crippen molar-refractivity contribution >= 4 is 35.1 Å². The maximum Gasteiger partial charge on any atom is 0.313 e. The Morgan fingerprint density at radius 1 is 0.645 bits per heavy atom. The Labute approximate surface area is 203 Å². The van der Waals surface area contributed by atoms with E-state index in [1.165, 1.54) is 41.5 Å². The fraction of sp³-hybridized carbons (Fsp3) is 0.700. The van der Waals surface area contributed by atoms with Gasteiger partial charge in [0.25, 0.3) is 0 Å². The topological polar surface area (TPSA) is 161 Å². The third kappa shape index (κ3) is 47.6. The molecule has 0 fully saturated rings. The standard InChI is InChI=1S/2C6H10O3.2C4H8O2.Zr/c2*1-3-9-6(8)4-5(2)7;2*1-3(5)4(2)6;/h2*3-4H2,1-2H3;2*3,5H,1-2H3;. The second-order valence-electron chi connectivity index (χ2n) is 5.94. The van der Waals surface area contributed by atoms with Gasteiger partial charge in [-0.2, -0.15) is 0 Å². The van der Waals surface area contributed by atoms with Crippen molar-refractivity contribution in [1.82, 2.24) is 0 Å². The molecule has 0 aromatic carbocycles. The predicted molar refractivity (Wildman–Crippen MR) is 109 cm³/mol. The van der Waals surface area contributed by atoms with Gasteiger partial charge in [-0.05, 0) is 55.4 Å². The molecule has 0 spiro atoms. The molecular formula is C20H36O10Zr. The number of esters is 2. The summed E-state index contributed by atoms with van der Waals surface area (Å²) >= 11 is 0. The van der Waals surface area contributed by atoms with Gasteiger partial charge in [0.15, 0.2) is 11.6 Å². The van der Waals surface area contributed by atoms with Gasteiger partial charge in [-0.25, -0.2) is 0 Å². The molecule has 0 saturated heterocycles. The predicted octanol–water partition coefficient (Wildman–Crippen LogP) is 0.967. The third-order valence-electron chi connectivity index (χ3n) is 2.57. The number of aliphatic hydroxyl groups excluding tert-OH is 2. The number of Topliss-reactive ketones (excluding diaryl/α,β-unsaturated/α-hetero) is 4. The number of rotatable bonds is 8. The van der Waals surface area contributed by atoms with Gasteiger partial charge >= 0.3 is 11.9 Å². The van der Waals surface area contributed by atoms with Gasteiger partial charge in [0.05, 0.1) is 13.2 Å². The van der Waals surface area contributed by atoms with Crippen LogP contribution in [0.1, 0.15) is 68.2 Å². The maximum atomic E-state index is 10.4. The van der Waals surface area contributed by atoms with Crippen molar-refractivity contribution in [3.63, 3.8) is 0 Å². The molecule has 0 rings (SSSR count). The van der Waals surface area contributed by atoms with Crippen LogP contribution in [0.3, 0.4) is 0 Å². The summed E-state index contributed by atoms with van der Waals surface area (Å²) in [7, 11) is 0.